The molecule has 0 aromatic carbocycles. The highest BCUT2D eigenvalue weighted by Gasteiger charge is 2.49. The predicted molar refractivity (Wildman–Crippen MR) is 128 cm³/mol. The van der Waals surface area contributed by atoms with E-state index in [-0.39, 0.29) is 42.5 Å². The molecule has 1 aliphatic heterocycles. The van der Waals surface area contributed by atoms with E-state index in [4.69, 9.17) is 28.4 Å². The van der Waals surface area contributed by atoms with E-state index in [1.54, 1.807) is 35.5 Å². The molecule has 1 aliphatic carbocycles. The molecule has 0 aromatic rings. The fraction of sp³-hybridized carbons (Fsp3) is 0.846. The van der Waals surface area contributed by atoms with Crippen molar-refractivity contribution >= 4 is 0 Å². The van der Waals surface area contributed by atoms with Crippen LogP contribution in [0.4, 0.5) is 0 Å². The molecule has 33 heavy (non-hydrogen) atoms. The second kappa shape index (κ2) is 13.3. The van der Waals surface area contributed by atoms with E-state index in [0.29, 0.717) is 17.8 Å². The van der Waals surface area contributed by atoms with Crippen LogP contribution in [-0.2, 0) is 28.4 Å². The number of rotatable bonds is 13. The molecule has 1 saturated carbocycles. The zero-order valence-corrected chi connectivity index (χ0v) is 21.9. The second-order valence-electron chi connectivity index (χ2n) is 9.51. The average Bonchev–Trinajstić information content (AvgIpc) is 3.63. The minimum Gasteiger partial charge on any atom is -0.392 e. The molecule has 11 atom stereocenters. The van der Waals surface area contributed by atoms with Crippen molar-refractivity contribution in [3.63, 3.8) is 0 Å². The molecule has 0 spiro atoms. The number of ether oxygens (including phenoxy) is 6. The Balaban J connectivity index is 2.02. The number of hydrogen-bond acceptors (Lipinski definition) is 7. The van der Waals surface area contributed by atoms with Crippen LogP contribution in [0.2, 0.25) is 0 Å². The van der Waals surface area contributed by atoms with Gasteiger partial charge in [0.25, 0.3) is 0 Å². The number of hydrogen-bond donors (Lipinski definition) is 1. The Kier molecular flexibility index (Phi) is 11.5. The van der Waals surface area contributed by atoms with Gasteiger partial charge in [0.15, 0.2) is 6.29 Å². The lowest BCUT2D eigenvalue weighted by molar-refractivity contribution is -0.295. The van der Waals surface area contributed by atoms with Gasteiger partial charge in [-0.3, -0.25) is 0 Å². The first kappa shape index (κ1) is 28.4. The summed E-state index contributed by atoms with van der Waals surface area (Å²) in [5.41, 5.74) is 0.988. The summed E-state index contributed by atoms with van der Waals surface area (Å²) in [6, 6.07) is 0. The van der Waals surface area contributed by atoms with Gasteiger partial charge in [-0.1, -0.05) is 39.0 Å². The summed E-state index contributed by atoms with van der Waals surface area (Å²) < 4.78 is 34.2. The summed E-state index contributed by atoms with van der Waals surface area (Å²) in [7, 11) is 8.27. The SMILES string of the molecule is CC[C@H](OC)[C@@H](C)[C@H]1C[C@@H]1[C@H](O)[C@@H](C)/C=C/C=C(\C)[C@@H]1O[C@@H](OC)[C@H](OC)[C@@H](OC)[C@@H]1OC. The third-order valence-corrected chi connectivity index (χ3v) is 7.60. The van der Waals surface area contributed by atoms with Gasteiger partial charge in [-0.15, -0.1) is 0 Å². The van der Waals surface area contributed by atoms with Crippen LogP contribution in [0.25, 0.3) is 0 Å². The first-order valence-corrected chi connectivity index (χ1v) is 12.1. The largest absolute Gasteiger partial charge is 0.392 e. The monoisotopic (exact) mass is 470 g/mol. The molecular weight excluding hydrogens is 424 g/mol. The van der Waals surface area contributed by atoms with Gasteiger partial charge < -0.3 is 33.5 Å². The zero-order valence-electron chi connectivity index (χ0n) is 21.9. The van der Waals surface area contributed by atoms with E-state index in [1.807, 2.05) is 19.1 Å². The van der Waals surface area contributed by atoms with Crippen molar-refractivity contribution in [1.29, 1.82) is 0 Å². The molecule has 192 valence electrons. The lowest BCUT2D eigenvalue weighted by atomic mass is 9.91. The molecule has 2 rings (SSSR count). The van der Waals surface area contributed by atoms with Gasteiger partial charge in [0.1, 0.15) is 24.4 Å². The minimum absolute atomic E-state index is 0.0562. The molecule has 2 aliphatic rings. The van der Waals surface area contributed by atoms with E-state index in [2.05, 4.69) is 26.8 Å². The lowest BCUT2D eigenvalue weighted by Gasteiger charge is -2.44. The van der Waals surface area contributed by atoms with Gasteiger partial charge in [0.2, 0.25) is 0 Å². The molecule has 0 unspecified atom stereocenters. The van der Waals surface area contributed by atoms with Gasteiger partial charge in [-0.25, -0.2) is 0 Å². The molecule has 1 saturated heterocycles. The van der Waals surface area contributed by atoms with E-state index in [9.17, 15) is 5.11 Å². The number of aliphatic hydroxyl groups is 1. The summed E-state index contributed by atoms with van der Waals surface area (Å²) in [6.07, 6.45) is 6.10. The Labute approximate surface area is 200 Å². The summed E-state index contributed by atoms with van der Waals surface area (Å²) in [5.74, 6) is 1.39. The van der Waals surface area contributed by atoms with Crippen LogP contribution in [0.3, 0.4) is 0 Å². The Morgan fingerprint density at radius 2 is 1.61 bits per heavy atom. The second-order valence-corrected chi connectivity index (χ2v) is 9.51. The number of aliphatic hydroxyl groups excluding tert-OH is 1. The van der Waals surface area contributed by atoms with Crippen LogP contribution in [0.15, 0.2) is 23.8 Å². The Morgan fingerprint density at radius 3 is 2.12 bits per heavy atom. The first-order chi connectivity index (χ1) is 15.8. The van der Waals surface area contributed by atoms with Crippen molar-refractivity contribution in [2.45, 2.75) is 83.5 Å². The average molecular weight is 471 g/mol. The van der Waals surface area contributed by atoms with E-state index < -0.39 is 6.29 Å². The van der Waals surface area contributed by atoms with Crippen LogP contribution >= 0.6 is 0 Å². The van der Waals surface area contributed by atoms with Gasteiger partial charge >= 0.3 is 0 Å². The van der Waals surface area contributed by atoms with Crippen molar-refractivity contribution in [1.82, 2.24) is 0 Å². The molecule has 7 heteroatoms. The molecule has 7 nitrogen and oxygen atoms in total. The van der Waals surface area contributed by atoms with Gasteiger partial charge in [0.05, 0.1) is 12.2 Å². The Morgan fingerprint density at radius 1 is 0.970 bits per heavy atom. The number of methoxy groups -OCH3 is 5. The highest BCUT2D eigenvalue weighted by molar-refractivity contribution is 5.19. The standard InChI is InChI=1S/C26H46O7/c1-10-20(28-5)17(4)18-14-19(18)21(27)15(2)12-11-13-16(3)22-23(29-6)24(30-7)25(31-8)26(32-9)33-22/h11-13,15,17-27H,10,14H2,1-9H3/b12-11+,16-13+/t15-,17-,18+,19-,20-,21+,22-,23+,24-,25+,26+/m0/s1. The number of allylic oxidation sites excluding steroid dienone is 2. The van der Waals surface area contributed by atoms with E-state index >= 15 is 0 Å². The third-order valence-electron chi connectivity index (χ3n) is 7.60. The van der Waals surface area contributed by atoms with Crippen LogP contribution in [0.1, 0.15) is 40.5 Å². The van der Waals surface area contributed by atoms with Gasteiger partial charge in [-0.05, 0) is 43.1 Å². The molecule has 0 bridgehead atoms. The molecular formula is C26H46O7. The first-order valence-electron chi connectivity index (χ1n) is 12.1. The zero-order chi connectivity index (χ0) is 24.7. The highest BCUT2D eigenvalue weighted by atomic mass is 16.7. The molecule has 1 heterocycles. The van der Waals surface area contributed by atoms with Crippen molar-refractivity contribution in [2.24, 2.45) is 23.7 Å². The maximum Gasteiger partial charge on any atom is 0.186 e. The Hall–Kier alpha value is -0.800. The molecule has 1 N–H and O–H groups in total. The van der Waals surface area contributed by atoms with Crippen molar-refractivity contribution in [3.8, 4) is 0 Å². The quantitative estimate of drug-likeness (QED) is 0.412. The minimum atomic E-state index is -0.558. The van der Waals surface area contributed by atoms with Crippen LogP contribution in [0.5, 0.6) is 0 Å². The van der Waals surface area contributed by atoms with Gasteiger partial charge in [0, 0.05) is 41.5 Å². The smallest absolute Gasteiger partial charge is 0.186 e. The fourth-order valence-corrected chi connectivity index (χ4v) is 5.38. The fourth-order valence-electron chi connectivity index (χ4n) is 5.38. The Bertz CT molecular complexity index is 632. The van der Waals surface area contributed by atoms with Crippen LogP contribution in [0, 0.1) is 23.7 Å². The predicted octanol–water partition coefficient (Wildman–Crippen LogP) is 3.60. The van der Waals surface area contributed by atoms with Crippen molar-refractivity contribution in [2.75, 3.05) is 35.5 Å². The molecule has 0 amide bonds. The van der Waals surface area contributed by atoms with Crippen molar-refractivity contribution < 1.29 is 33.5 Å². The van der Waals surface area contributed by atoms with Crippen molar-refractivity contribution in [3.05, 3.63) is 23.8 Å². The molecule has 0 aromatic heterocycles. The normalized spacial score (nSPS) is 36.5. The maximum atomic E-state index is 10.9. The summed E-state index contributed by atoms with van der Waals surface area (Å²) in [5, 5.41) is 10.9. The third kappa shape index (κ3) is 6.66. The summed E-state index contributed by atoms with van der Waals surface area (Å²) in [4.78, 5) is 0. The molecule has 0 radical (unpaired) electrons. The molecule has 2 fully saturated rings. The van der Waals surface area contributed by atoms with E-state index in [0.717, 1.165) is 18.4 Å². The summed E-state index contributed by atoms with van der Waals surface area (Å²) >= 11 is 0. The van der Waals surface area contributed by atoms with E-state index in [1.165, 1.54) is 0 Å². The van der Waals surface area contributed by atoms with Crippen LogP contribution < -0.4 is 0 Å². The topological polar surface area (TPSA) is 75.6 Å². The summed E-state index contributed by atoms with van der Waals surface area (Å²) in [6.45, 7) is 8.47. The maximum absolute atomic E-state index is 10.9. The van der Waals surface area contributed by atoms with Crippen LogP contribution in [-0.4, -0.2) is 83.6 Å². The lowest BCUT2D eigenvalue weighted by Crippen LogP contribution is -2.60. The van der Waals surface area contributed by atoms with Gasteiger partial charge in [-0.2, -0.15) is 0 Å². The highest BCUT2D eigenvalue weighted by Crippen LogP contribution is 2.49.